The van der Waals surface area contributed by atoms with Crippen LogP contribution < -0.4 is 0 Å². The van der Waals surface area contributed by atoms with E-state index in [0.29, 0.717) is 5.92 Å². The van der Waals surface area contributed by atoms with Crippen LogP contribution in [0.1, 0.15) is 56.8 Å². The summed E-state index contributed by atoms with van der Waals surface area (Å²) in [6.07, 6.45) is 5.29. The molecular weight excluding hydrogens is 246 g/mol. The summed E-state index contributed by atoms with van der Waals surface area (Å²) in [4.78, 5) is 2.26. The minimum Gasteiger partial charge on any atom is -0.386 e. The van der Waals surface area contributed by atoms with Gasteiger partial charge < -0.3 is 10.0 Å². The van der Waals surface area contributed by atoms with E-state index in [9.17, 15) is 5.11 Å². The molecule has 1 aliphatic rings. The first-order valence-electron chi connectivity index (χ1n) is 7.94. The van der Waals surface area contributed by atoms with Crippen molar-refractivity contribution >= 4 is 0 Å². The zero-order chi connectivity index (χ0) is 14.8. The Morgan fingerprint density at radius 2 is 2.15 bits per heavy atom. The van der Waals surface area contributed by atoms with Gasteiger partial charge in [0.05, 0.1) is 11.6 Å². The zero-order valence-corrected chi connectivity index (χ0v) is 13.4. The summed E-state index contributed by atoms with van der Waals surface area (Å²) in [5, 5.41) is 11.1. The van der Waals surface area contributed by atoms with Crippen LogP contribution >= 0.6 is 0 Å². The van der Waals surface area contributed by atoms with Crippen molar-refractivity contribution in [2.45, 2.75) is 57.6 Å². The number of aliphatic hydroxyl groups excluding tert-OH is 1. The van der Waals surface area contributed by atoms with Crippen LogP contribution in [0.25, 0.3) is 0 Å². The Morgan fingerprint density at radius 3 is 2.75 bits per heavy atom. The lowest BCUT2D eigenvalue weighted by molar-refractivity contribution is -0.0451. The summed E-state index contributed by atoms with van der Waals surface area (Å²) in [5.74, 6) is 0.690. The van der Waals surface area contributed by atoms with Crippen molar-refractivity contribution in [2.24, 2.45) is 5.92 Å². The molecule has 2 nitrogen and oxygen atoms in total. The summed E-state index contributed by atoms with van der Waals surface area (Å²) >= 11 is 0. The lowest BCUT2D eigenvalue weighted by atomic mass is 9.70. The van der Waals surface area contributed by atoms with Gasteiger partial charge in [-0.1, -0.05) is 51.0 Å². The summed E-state index contributed by atoms with van der Waals surface area (Å²) in [6.45, 7) is 4.47. The number of hydrogen-bond donors (Lipinski definition) is 1. The van der Waals surface area contributed by atoms with Crippen LogP contribution in [0.15, 0.2) is 24.3 Å². The third-order valence-electron chi connectivity index (χ3n) is 5.08. The van der Waals surface area contributed by atoms with E-state index >= 15 is 0 Å². The van der Waals surface area contributed by atoms with Crippen LogP contribution in [0.3, 0.4) is 0 Å². The smallest absolute Gasteiger partial charge is 0.0973 e. The number of hydrogen-bond acceptors (Lipinski definition) is 2. The molecule has 0 bridgehead atoms. The highest BCUT2D eigenvalue weighted by Gasteiger charge is 2.43. The molecule has 3 unspecified atom stereocenters. The van der Waals surface area contributed by atoms with Crippen molar-refractivity contribution in [3.63, 3.8) is 0 Å². The molecule has 0 heterocycles. The third kappa shape index (κ3) is 2.91. The van der Waals surface area contributed by atoms with E-state index in [1.54, 1.807) is 0 Å². The Labute approximate surface area is 123 Å². The summed E-state index contributed by atoms with van der Waals surface area (Å²) in [7, 11) is 4.23. The molecule has 0 radical (unpaired) electrons. The summed E-state index contributed by atoms with van der Waals surface area (Å²) in [5.41, 5.74) is 2.27. The van der Waals surface area contributed by atoms with Gasteiger partial charge in [0.2, 0.25) is 0 Å². The predicted molar refractivity (Wildman–Crippen MR) is 84.8 cm³/mol. The number of benzene rings is 1. The van der Waals surface area contributed by atoms with Crippen LogP contribution in [0.4, 0.5) is 0 Å². The van der Waals surface area contributed by atoms with Crippen molar-refractivity contribution in [2.75, 3.05) is 14.1 Å². The molecule has 0 saturated heterocycles. The maximum atomic E-state index is 11.1. The van der Waals surface area contributed by atoms with Gasteiger partial charge in [-0.05, 0) is 50.4 Å². The molecule has 1 N–H and O–H groups in total. The molecule has 0 amide bonds. The van der Waals surface area contributed by atoms with Crippen molar-refractivity contribution in [3.05, 3.63) is 35.4 Å². The molecule has 20 heavy (non-hydrogen) atoms. The molecule has 1 aromatic rings. The number of rotatable bonds is 4. The molecule has 2 heteroatoms. The second-order valence-corrected chi connectivity index (χ2v) is 6.70. The largest absolute Gasteiger partial charge is 0.386 e. The van der Waals surface area contributed by atoms with Crippen molar-refractivity contribution in [1.82, 2.24) is 4.90 Å². The lowest BCUT2D eigenvalue weighted by Gasteiger charge is -2.48. The van der Waals surface area contributed by atoms with E-state index in [-0.39, 0.29) is 5.54 Å². The fourth-order valence-electron chi connectivity index (χ4n) is 3.76. The quantitative estimate of drug-likeness (QED) is 0.903. The number of aryl methyl sites for hydroxylation is 1. The van der Waals surface area contributed by atoms with Crippen LogP contribution in [-0.4, -0.2) is 29.6 Å². The summed E-state index contributed by atoms with van der Waals surface area (Å²) < 4.78 is 0. The van der Waals surface area contributed by atoms with Gasteiger partial charge in [-0.3, -0.25) is 0 Å². The molecule has 1 fully saturated rings. The van der Waals surface area contributed by atoms with Gasteiger partial charge in [-0.15, -0.1) is 0 Å². The zero-order valence-electron chi connectivity index (χ0n) is 13.4. The Hall–Kier alpha value is -0.860. The number of nitrogens with zero attached hydrogens (tertiary/aromatic N) is 1. The van der Waals surface area contributed by atoms with E-state index < -0.39 is 6.10 Å². The fourth-order valence-corrected chi connectivity index (χ4v) is 3.76. The second-order valence-electron chi connectivity index (χ2n) is 6.70. The van der Waals surface area contributed by atoms with E-state index in [1.807, 2.05) is 0 Å². The van der Waals surface area contributed by atoms with Gasteiger partial charge in [-0.25, -0.2) is 0 Å². The molecule has 2 rings (SSSR count). The average molecular weight is 275 g/mol. The highest BCUT2D eigenvalue weighted by molar-refractivity contribution is 5.28. The lowest BCUT2D eigenvalue weighted by Crippen LogP contribution is -2.52. The Balaban J connectivity index is 2.33. The average Bonchev–Trinajstić information content (AvgIpc) is 2.46. The first-order chi connectivity index (χ1) is 9.49. The Kier molecular flexibility index (Phi) is 4.87. The molecule has 0 spiro atoms. The maximum absolute atomic E-state index is 11.1. The van der Waals surface area contributed by atoms with Crippen LogP contribution in [0, 0.1) is 5.92 Å². The van der Waals surface area contributed by atoms with Gasteiger partial charge in [0, 0.05) is 0 Å². The first-order valence-corrected chi connectivity index (χ1v) is 7.94. The van der Waals surface area contributed by atoms with Crippen molar-refractivity contribution in [1.29, 1.82) is 0 Å². The standard InChI is InChI=1S/C18H29NO/c1-5-15-9-6-10-16(12-15)17(20)18(19(3)4)11-7-8-14(2)13-18/h6,9-10,12,14,17,20H,5,7-8,11,13H2,1-4H3. The predicted octanol–water partition coefficient (Wildman–Crippen LogP) is 3.79. The monoisotopic (exact) mass is 275 g/mol. The maximum Gasteiger partial charge on any atom is 0.0973 e. The van der Waals surface area contributed by atoms with E-state index in [1.165, 1.54) is 18.4 Å². The molecule has 1 aliphatic carbocycles. The Bertz CT molecular complexity index is 443. The number of likely N-dealkylation sites (N-methyl/N-ethyl adjacent to an activating group) is 1. The van der Waals surface area contributed by atoms with E-state index in [2.05, 4.69) is 57.1 Å². The van der Waals surface area contributed by atoms with Gasteiger partial charge in [0.15, 0.2) is 0 Å². The van der Waals surface area contributed by atoms with Gasteiger partial charge in [-0.2, -0.15) is 0 Å². The molecule has 1 saturated carbocycles. The SMILES string of the molecule is CCc1cccc(C(O)C2(N(C)C)CCCC(C)C2)c1. The molecule has 3 atom stereocenters. The van der Waals surface area contributed by atoms with E-state index in [0.717, 1.165) is 24.8 Å². The molecule has 0 aromatic heterocycles. The van der Waals surface area contributed by atoms with Crippen LogP contribution in [0.5, 0.6) is 0 Å². The van der Waals surface area contributed by atoms with E-state index in [4.69, 9.17) is 0 Å². The highest BCUT2D eigenvalue weighted by Crippen LogP contribution is 2.44. The fraction of sp³-hybridized carbons (Fsp3) is 0.667. The third-order valence-corrected chi connectivity index (χ3v) is 5.08. The van der Waals surface area contributed by atoms with Crippen LogP contribution in [-0.2, 0) is 6.42 Å². The van der Waals surface area contributed by atoms with Gasteiger partial charge in [0.1, 0.15) is 0 Å². The molecule has 112 valence electrons. The van der Waals surface area contributed by atoms with Crippen molar-refractivity contribution in [3.8, 4) is 0 Å². The van der Waals surface area contributed by atoms with Gasteiger partial charge in [0.25, 0.3) is 0 Å². The highest BCUT2D eigenvalue weighted by atomic mass is 16.3. The van der Waals surface area contributed by atoms with Gasteiger partial charge >= 0.3 is 0 Å². The molecular formula is C18H29NO. The first kappa shape index (κ1) is 15.5. The second kappa shape index (κ2) is 6.28. The van der Waals surface area contributed by atoms with Crippen molar-refractivity contribution < 1.29 is 5.11 Å². The summed E-state index contributed by atoms with van der Waals surface area (Å²) in [6, 6.07) is 8.47. The molecule has 0 aliphatic heterocycles. The Morgan fingerprint density at radius 1 is 1.40 bits per heavy atom. The molecule has 1 aromatic carbocycles. The topological polar surface area (TPSA) is 23.5 Å². The van der Waals surface area contributed by atoms with Crippen LogP contribution in [0.2, 0.25) is 0 Å². The number of aliphatic hydroxyl groups is 1. The normalized spacial score (nSPS) is 28.6. The minimum absolute atomic E-state index is 0.107. The minimum atomic E-state index is -0.397.